The van der Waals surface area contributed by atoms with Crippen molar-refractivity contribution < 1.29 is 0 Å². The van der Waals surface area contributed by atoms with Crippen molar-refractivity contribution in [1.82, 2.24) is 5.32 Å². The number of rotatable bonds is 4. The monoisotopic (exact) mass is 300 g/mol. The third kappa shape index (κ3) is 1.95. The van der Waals surface area contributed by atoms with Gasteiger partial charge in [0.05, 0.1) is 6.04 Å². The second-order valence-corrected chi connectivity index (χ2v) is 6.69. The summed E-state index contributed by atoms with van der Waals surface area (Å²) < 4.78 is 0. The highest BCUT2D eigenvalue weighted by molar-refractivity contribution is 5.86. The van der Waals surface area contributed by atoms with E-state index in [9.17, 15) is 0 Å². The highest BCUT2D eigenvalue weighted by Crippen LogP contribution is 2.58. The van der Waals surface area contributed by atoms with Crippen molar-refractivity contribution in [2.75, 3.05) is 6.54 Å². The molecular weight excluding hydrogens is 280 g/mol. The van der Waals surface area contributed by atoms with Gasteiger partial charge in [-0.3, -0.25) is 0 Å². The molecule has 1 saturated carbocycles. The lowest BCUT2D eigenvalue weighted by molar-refractivity contribution is 0.686. The Hall–Kier alpha value is -2.16. The zero-order valence-electron chi connectivity index (χ0n) is 13.0. The van der Waals surface area contributed by atoms with Crippen LogP contribution in [-0.2, 0) is 6.54 Å². The minimum atomic E-state index is 0.325. The fourth-order valence-corrected chi connectivity index (χ4v) is 4.24. The van der Waals surface area contributed by atoms with Crippen LogP contribution >= 0.6 is 0 Å². The molecule has 2 aromatic rings. The summed E-state index contributed by atoms with van der Waals surface area (Å²) >= 11 is 0. The molecule has 5 rings (SSSR count). The van der Waals surface area contributed by atoms with Crippen molar-refractivity contribution in [2.45, 2.75) is 24.9 Å². The molecule has 3 aliphatic rings. The number of nitrogens with two attached hydrogens (primary N) is 1. The maximum Gasteiger partial charge on any atom is 0.0518 e. The highest BCUT2D eigenvalue weighted by Gasteiger charge is 2.42. The molecule has 0 heterocycles. The molecule has 3 aliphatic carbocycles. The first-order valence-corrected chi connectivity index (χ1v) is 8.41. The second-order valence-electron chi connectivity index (χ2n) is 6.69. The lowest BCUT2D eigenvalue weighted by Crippen LogP contribution is -2.21. The molecular formula is C21H20N2. The van der Waals surface area contributed by atoms with Gasteiger partial charge in [0, 0.05) is 19.0 Å². The van der Waals surface area contributed by atoms with E-state index in [1.54, 1.807) is 5.57 Å². The zero-order chi connectivity index (χ0) is 15.4. The maximum atomic E-state index is 5.97. The van der Waals surface area contributed by atoms with Gasteiger partial charge in [-0.1, -0.05) is 60.2 Å². The predicted octanol–water partition coefficient (Wildman–Crippen LogP) is 3.76. The Morgan fingerprint density at radius 1 is 1.04 bits per heavy atom. The Morgan fingerprint density at radius 2 is 1.91 bits per heavy atom. The number of hydrogen-bond donors (Lipinski definition) is 2. The van der Waals surface area contributed by atoms with E-state index in [1.807, 2.05) is 0 Å². The summed E-state index contributed by atoms with van der Waals surface area (Å²) in [7, 11) is 0. The van der Waals surface area contributed by atoms with Crippen LogP contribution in [0.15, 0.2) is 54.1 Å². The molecule has 0 saturated heterocycles. The van der Waals surface area contributed by atoms with E-state index in [-0.39, 0.29) is 0 Å². The normalized spacial score (nSPS) is 23.0. The maximum absolute atomic E-state index is 5.97. The molecule has 1 fully saturated rings. The number of hydrogen-bond acceptors (Lipinski definition) is 2. The Balaban J connectivity index is 1.42. The Bertz CT molecular complexity index is 860. The van der Waals surface area contributed by atoms with Gasteiger partial charge < -0.3 is 11.1 Å². The summed E-state index contributed by atoms with van der Waals surface area (Å²) in [5.41, 5.74) is 16.1. The first-order valence-electron chi connectivity index (χ1n) is 8.41. The average molecular weight is 300 g/mol. The fourth-order valence-electron chi connectivity index (χ4n) is 4.24. The van der Waals surface area contributed by atoms with Crippen LogP contribution in [0.5, 0.6) is 0 Å². The minimum Gasteiger partial charge on any atom is -0.326 e. The molecule has 0 amide bonds. The van der Waals surface area contributed by atoms with Crippen LogP contribution < -0.4 is 11.1 Å². The van der Waals surface area contributed by atoms with E-state index in [2.05, 4.69) is 59.9 Å². The van der Waals surface area contributed by atoms with E-state index >= 15 is 0 Å². The standard InChI is InChI=1S/C21H20N2/c22-11-14-5-3-7-16-17-10-18(17)19(21(14)16)12-23-20-9-8-13-4-1-2-6-15(13)20/h1-9,17,20,23H,10-12,22H2. The SMILES string of the molecule is NCc1cccc2c1C(CNC1C=Cc3ccccc31)=C1CC12. The number of allylic oxidation sites excluding steroid dienone is 1. The Morgan fingerprint density at radius 3 is 2.83 bits per heavy atom. The van der Waals surface area contributed by atoms with Gasteiger partial charge in [0.15, 0.2) is 0 Å². The number of nitrogens with one attached hydrogen (secondary N) is 1. The first-order chi connectivity index (χ1) is 11.4. The van der Waals surface area contributed by atoms with Crippen LogP contribution in [0.25, 0.3) is 11.6 Å². The van der Waals surface area contributed by atoms with Gasteiger partial charge in [0.2, 0.25) is 0 Å². The van der Waals surface area contributed by atoms with Crippen LogP contribution in [0.2, 0.25) is 0 Å². The predicted molar refractivity (Wildman–Crippen MR) is 94.8 cm³/mol. The van der Waals surface area contributed by atoms with Gasteiger partial charge in [0.1, 0.15) is 0 Å². The van der Waals surface area contributed by atoms with E-state index in [1.165, 1.54) is 39.8 Å². The number of fused-ring (bicyclic) bond motifs is 4. The highest BCUT2D eigenvalue weighted by atomic mass is 14.9. The quantitative estimate of drug-likeness (QED) is 0.902. The lowest BCUT2D eigenvalue weighted by Gasteiger charge is -2.17. The number of benzene rings is 2. The van der Waals surface area contributed by atoms with Crippen LogP contribution in [0, 0.1) is 0 Å². The van der Waals surface area contributed by atoms with E-state index in [0.717, 1.165) is 6.54 Å². The Kier molecular flexibility index (Phi) is 2.84. The minimum absolute atomic E-state index is 0.325. The molecule has 23 heavy (non-hydrogen) atoms. The molecule has 0 radical (unpaired) electrons. The topological polar surface area (TPSA) is 38.0 Å². The van der Waals surface area contributed by atoms with Crippen molar-refractivity contribution in [2.24, 2.45) is 5.73 Å². The lowest BCUT2D eigenvalue weighted by atomic mass is 9.95. The second kappa shape index (κ2) is 4.92. The largest absolute Gasteiger partial charge is 0.326 e. The third-order valence-electron chi connectivity index (χ3n) is 5.45. The third-order valence-corrected chi connectivity index (χ3v) is 5.45. The van der Waals surface area contributed by atoms with Crippen molar-refractivity contribution in [3.05, 3.63) is 81.9 Å². The van der Waals surface area contributed by atoms with Crippen molar-refractivity contribution in [1.29, 1.82) is 0 Å². The van der Waals surface area contributed by atoms with Gasteiger partial charge in [-0.25, -0.2) is 0 Å². The molecule has 2 aromatic carbocycles. The van der Waals surface area contributed by atoms with Gasteiger partial charge in [-0.15, -0.1) is 0 Å². The van der Waals surface area contributed by atoms with Crippen molar-refractivity contribution in [3.63, 3.8) is 0 Å². The summed E-state index contributed by atoms with van der Waals surface area (Å²) in [6.45, 7) is 1.55. The van der Waals surface area contributed by atoms with Crippen LogP contribution in [-0.4, -0.2) is 6.54 Å². The van der Waals surface area contributed by atoms with Crippen molar-refractivity contribution >= 4 is 11.6 Å². The molecule has 0 aromatic heterocycles. The molecule has 0 spiro atoms. The van der Waals surface area contributed by atoms with E-state index in [4.69, 9.17) is 5.73 Å². The molecule has 2 heteroatoms. The van der Waals surface area contributed by atoms with Gasteiger partial charge in [0.25, 0.3) is 0 Å². The van der Waals surface area contributed by atoms with Crippen LogP contribution in [0.3, 0.4) is 0 Å². The average Bonchev–Trinajstić information content (AvgIpc) is 3.18. The summed E-state index contributed by atoms with van der Waals surface area (Å²) in [5.74, 6) is 0.680. The molecule has 2 nitrogen and oxygen atoms in total. The molecule has 2 atom stereocenters. The first kappa shape index (κ1) is 13.3. The summed E-state index contributed by atoms with van der Waals surface area (Å²) in [5, 5.41) is 3.74. The summed E-state index contributed by atoms with van der Waals surface area (Å²) in [6.07, 6.45) is 5.73. The smallest absolute Gasteiger partial charge is 0.0518 e. The van der Waals surface area contributed by atoms with Crippen molar-refractivity contribution in [3.8, 4) is 0 Å². The van der Waals surface area contributed by atoms with Gasteiger partial charge >= 0.3 is 0 Å². The van der Waals surface area contributed by atoms with Gasteiger partial charge in [-0.2, -0.15) is 0 Å². The molecule has 3 N–H and O–H groups in total. The molecule has 0 bridgehead atoms. The van der Waals surface area contributed by atoms with Crippen LogP contribution in [0.4, 0.5) is 0 Å². The fraction of sp³-hybridized carbons (Fsp3) is 0.238. The zero-order valence-corrected chi connectivity index (χ0v) is 13.0. The Labute approximate surface area is 136 Å². The molecule has 2 unspecified atom stereocenters. The van der Waals surface area contributed by atoms with Crippen LogP contribution in [0.1, 0.15) is 46.2 Å². The van der Waals surface area contributed by atoms with E-state index < -0.39 is 0 Å². The molecule has 0 aliphatic heterocycles. The summed E-state index contributed by atoms with van der Waals surface area (Å²) in [4.78, 5) is 0. The summed E-state index contributed by atoms with van der Waals surface area (Å²) in [6, 6.07) is 15.6. The van der Waals surface area contributed by atoms with E-state index in [0.29, 0.717) is 18.5 Å². The molecule has 114 valence electrons. The van der Waals surface area contributed by atoms with Gasteiger partial charge in [-0.05, 0) is 39.8 Å².